The zero-order chi connectivity index (χ0) is 14.7. The summed E-state index contributed by atoms with van der Waals surface area (Å²) >= 11 is 9.60. The first kappa shape index (κ1) is 15.2. The van der Waals surface area contributed by atoms with Crippen LogP contribution in [0, 0.1) is 0 Å². The van der Waals surface area contributed by atoms with Crippen LogP contribution in [0.25, 0.3) is 0 Å². The SMILES string of the molecule is COc1cc(Cl)c(C(O)c2cccc(Br)c2)cc1OC. The van der Waals surface area contributed by atoms with Gasteiger partial charge in [-0.05, 0) is 23.8 Å². The zero-order valence-corrected chi connectivity index (χ0v) is 13.4. The van der Waals surface area contributed by atoms with Gasteiger partial charge >= 0.3 is 0 Å². The van der Waals surface area contributed by atoms with Crippen molar-refractivity contribution in [1.82, 2.24) is 0 Å². The highest BCUT2D eigenvalue weighted by Gasteiger charge is 2.18. The third-order valence-electron chi connectivity index (χ3n) is 2.96. The lowest BCUT2D eigenvalue weighted by Gasteiger charge is -2.16. The molecule has 0 bridgehead atoms. The second-order valence-corrected chi connectivity index (χ2v) is 5.51. The second kappa shape index (κ2) is 6.48. The van der Waals surface area contributed by atoms with Crippen molar-refractivity contribution in [3.63, 3.8) is 0 Å². The fourth-order valence-corrected chi connectivity index (χ4v) is 2.61. The van der Waals surface area contributed by atoms with Crippen LogP contribution in [0.1, 0.15) is 17.2 Å². The molecule has 0 aliphatic carbocycles. The van der Waals surface area contributed by atoms with Gasteiger partial charge in [0, 0.05) is 16.1 Å². The minimum absolute atomic E-state index is 0.426. The van der Waals surface area contributed by atoms with Gasteiger partial charge in [-0.25, -0.2) is 0 Å². The van der Waals surface area contributed by atoms with Gasteiger partial charge in [-0.1, -0.05) is 39.7 Å². The number of hydrogen-bond donors (Lipinski definition) is 1. The van der Waals surface area contributed by atoms with Crippen molar-refractivity contribution in [1.29, 1.82) is 0 Å². The van der Waals surface area contributed by atoms with Crippen LogP contribution in [0.15, 0.2) is 40.9 Å². The summed E-state index contributed by atoms with van der Waals surface area (Å²) in [6.07, 6.45) is -0.834. The first-order valence-electron chi connectivity index (χ1n) is 5.91. The van der Waals surface area contributed by atoms with Gasteiger partial charge in [-0.2, -0.15) is 0 Å². The molecule has 0 amide bonds. The molecule has 0 spiro atoms. The summed E-state index contributed by atoms with van der Waals surface area (Å²) in [5.41, 5.74) is 1.32. The Bertz CT molecular complexity index is 616. The Labute approximate surface area is 131 Å². The molecule has 0 aliphatic heterocycles. The zero-order valence-electron chi connectivity index (χ0n) is 11.1. The first-order chi connectivity index (χ1) is 9.56. The predicted octanol–water partition coefficient (Wildman–Crippen LogP) is 4.20. The van der Waals surface area contributed by atoms with E-state index in [0.717, 1.165) is 10.0 Å². The second-order valence-electron chi connectivity index (χ2n) is 4.19. The molecule has 2 aromatic carbocycles. The van der Waals surface area contributed by atoms with E-state index < -0.39 is 6.10 Å². The number of hydrogen-bond acceptors (Lipinski definition) is 3. The first-order valence-corrected chi connectivity index (χ1v) is 7.09. The van der Waals surface area contributed by atoms with Gasteiger partial charge in [0.05, 0.1) is 19.2 Å². The van der Waals surface area contributed by atoms with Gasteiger partial charge in [0.25, 0.3) is 0 Å². The van der Waals surface area contributed by atoms with Crippen molar-refractivity contribution in [2.45, 2.75) is 6.10 Å². The maximum absolute atomic E-state index is 10.5. The van der Waals surface area contributed by atoms with Gasteiger partial charge in [0.2, 0.25) is 0 Å². The Balaban J connectivity index is 2.46. The van der Waals surface area contributed by atoms with Crippen LogP contribution in [0.2, 0.25) is 5.02 Å². The minimum atomic E-state index is -0.834. The molecule has 0 fully saturated rings. The molecule has 1 atom stereocenters. The summed E-state index contributed by atoms with van der Waals surface area (Å²) in [7, 11) is 3.08. The molecule has 0 aromatic heterocycles. The number of halogens is 2. The van der Waals surface area contributed by atoms with Crippen LogP contribution < -0.4 is 9.47 Å². The van der Waals surface area contributed by atoms with Crippen LogP contribution in [-0.4, -0.2) is 19.3 Å². The number of aliphatic hydroxyl groups is 1. The van der Waals surface area contributed by atoms with Gasteiger partial charge in [0.15, 0.2) is 11.5 Å². The third kappa shape index (κ3) is 3.08. The Kier molecular flexibility index (Phi) is 4.91. The summed E-state index contributed by atoms with van der Waals surface area (Å²) in [6.45, 7) is 0. The highest BCUT2D eigenvalue weighted by Crippen LogP contribution is 2.38. The largest absolute Gasteiger partial charge is 0.493 e. The van der Waals surface area contributed by atoms with Crippen molar-refractivity contribution in [3.05, 3.63) is 57.0 Å². The fraction of sp³-hybridized carbons (Fsp3) is 0.200. The highest BCUT2D eigenvalue weighted by atomic mass is 79.9. The maximum atomic E-state index is 10.5. The molecule has 0 radical (unpaired) electrons. The summed E-state index contributed by atoms with van der Waals surface area (Å²) in [5, 5.41) is 10.9. The number of ether oxygens (including phenoxy) is 2. The summed E-state index contributed by atoms with van der Waals surface area (Å²) in [4.78, 5) is 0. The molecule has 106 valence electrons. The lowest BCUT2D eigenvalue weighted by molar-refractivity contribution is 0.219. The number of rotatable bonds is 4. The molecular weight excluding hydrogens is 344 g/mol. The van der Waals surface area contributed by atoms with Gasteiger partial charge in [0.1, 0.15) is 6.10 Å². The molecule has 0 saturated carbocycles. The molecule has 0 saturated heterocycles. The standard InChI is InChI=1S/C15H14BrClO3/c1-19-13-7-11(12(17)8-14(13)20-2)15(18)9-4-3-5-10(16)6-9/h3-8,15,18H,1-2H3. The third-order valence-corrected chi connectivity index (χ3v) is 3.78. The molecule has 1 unspecified atom stereocenters. The van der Waals surface area contributed by atoms with Crippen molar-refractivity contribution in [3.8, 4) is 11.5 Å². The van der Waals surface area contributed by atoms with Crippen molar-refractivity contribution in [2.75, 3.05) is 14.2 Å². The van der Waals surface area contributed by atoms with Gasteiger partial charge in [-0.15, -0.1) is 0 Å². The molecule has 3 nitrogen and oxygen atoms in total. The Morgan fingerprint density at radius 1 is 1.10 bits per heavy atom. The van der Waals surface area contributed by atoms with Crippen molar-refractivity contribution >= 4 is 27.5 Å². The number of aliphatic hydroxyl groups excluding tert-OH is 1. The quantitative estimate of drug-likeness (QED) is 0.891. The monoisotopic (exact) mass is 356 g/mol. The van der Waals surface area contributed by atoms with E-state index in [1.54, 1.807) is 26.4 Å². The summed E-state index contributed by atoms with van der Waals surface area (Å²) in [5.74, 6) is 1.06. The number of methoxy groups -OCH3 is 2. The molecule has 2 rings (SSSR count). The molecule has 2 aromatic rings. The lowest BCUT2D eigenvalue weighted by atomic mass is 10.0. The molecule has 1 N–H and O–H groups in total. The van der Waals surface area contributed by atoms with Gasteiger partial charge < -0.3 is 14.6 Å². The van der Waals surface area contributed by atoms with E-state index in [2.05, 4.69) is 15.9 Å². The van der Waals surface area contributed by atoms with Gasteiger partial charge in [-0.3, -0.25) is 0 Å². The molecule has 20 heavy (non-hydrogen) atoms. The summed E-state index contributed by atoms with van der Waals surface area (Å²) in [6, 6.07) is 10.8. The van der Waals surface area contributed by atoms with Crippen molar-refractivity contribution in [2.24, 2.45) is 0 Å². The number of benzene rings is 2. The maximum Gasteiger partial charge on any atom is 0.162 e. The smallest absolute Gasteiger partial charge is 0.162 e. The van der Waals surface area contributed by atoms with E-state index >= 15 is 0 Å². The van der Waals surface area contributed by atoms with Crippen LogP contribution in [0.3, 0.4) is 0 Å². The topological polar surface area (TPSA) is 38.7 Å². The Morgan fingerprint density at radius 2 is 1.75 bits per heavy atom. The van der Waals surface area contributed by atoms with Crippen LogP contribution in [-0.2, 0) is 0 Å². The van der Waals surface area contributed by atoms with Crippen LogP contribution >= 0.6 is 27.5 Å². The van der Waals surface area contributed by atoms with E-state index in [9.17, 15) is 5.11 Å². The predicted molar refractivity (Wildman–Crippen MR) is 82.8 cm³/mol. The normalized spacial score (nSPS) is 12.1. The molecule has 0 heterocycles. The Hall–Kier alpha value is -1.23. The van der Waals surface area contributed by atoms with E-state index in [4.69, 9.17) is 21.1 Å². The highest BCUT2D eigenvalue weighted by molar-refractivity contribution is 9.10. The van der Waals surface area contributed by atoms with Crippen LogP contribution in [0.5, 0.6) is 11.5 Å². The lowest BCUT2D eigenvalue weighted by Crippen LogP contribution is -2.02. The average molecular weight is 358 g/mol. The van der Waals surface area contributed by atoms with Crippen molar-refractivity contribution < 1.29 is 14.6 Å². The van der Waals surface area contributed by atoms with Crippen LogP contribution in [0.4, 0.5) is 0 Å². The fourth-order valence-electron chi connectivity index (χ4n) is 1.94. The van der Waals surface area contributed by atoms with E-state index in [1.807, 2.05) is 24.3 Å². The van der Waals surface area contributed by atoms with E-state index in [-0.39, 0.29) is 0 Å². The Morgan fingerprint density at radius 3 is 2.35 bits per heavy atom. The molecule has 0 aliphatic rings. The molecular formula is C15H14BrClO3. The van der Waals surface area contributed by atoms with E-state index in [0.29, 0.717) is 22.1 Å². The summed E-state index contributed by atoms with van der Waals surface area (Å²) < 4.78 is 11.3. The van der Waals surface area contributed by atoms with E-state index in [1.165, 1.54) is 0 Å². The minimum Gasteiger partial charge on any atom is -0.493 e. The average Bonchev–Trinajstić information content (AvgIpc) is 2.46. The molecule has 5 heteroatoms.